The molecule has 4 aromatic carbocycles. The maximum Gasteiger partial charge on any atom is 0.410 e. The highest BCUT2D eigenvalue weighted by Gasteiger charge is 2.42. The fourth-order valence-electron chi connectivity index (χ4n) is 6.91. The molecule has 0 aromatic heterocycles. The lowest BCUT2D eigenvalue weighted by Gasteiger charge is -2.28. The Hall–Kier alpha value is -4.71. The third kappa shape index (κ3) is 10.9. The number of halogens is 1. The van der Waals surface area contributed by atoms with Crippen LogP contribution < -0.4 is 30.0 Å². The predicted molar refractivity (Wildman–Crippen MR) is 235 cm³/mol. The molecule has 17 nitrogen and oxygen atoms in total. The minimum atomic E-state index is -4.79. The number of amidine groups is 1. The zero-order valence-corrected chi connectivity index (χ0v) is 38.4. The number of benzene rings is 4. The zero-order valence-electron chi connectivity index (χ0n) is 34.6. The fourth-order valence-corrected chi connectivity index (χ4v) is 11.4. The molecule has 1 saturated heterocycles. The molecule has 2 aliphatic heterocycles. The molecule has 0 unspecified atom stereocenters. The Labute approximate surface area is 370 Å². The van der Waals surface area contributed by atoms with Gasteiger partial charge < -0.3 is 29.0 Å². The molecule has 0 radical (unpaired) electrons. The van der Waals surface area contributed by atoms with Crippen molar-refractivity contribution in [2.24, 2.45) is 5.10 Å². The number of nitrogens with zero attached hydrogens (tertiary/aromatic N) is 4. The molecule has 1 fully saturated rings. The van der Waals surface area contributed by atoms with Crippen LogP contribution in [0, 0.1) is 3.57 Å². The summed E-state index contributed by atoms with van der Waals surface area (Å²) >= 11 is 1.98. The van der Waals surface area contributed by atoms with Crippen molar-refractivity contribution in [2.45, 2.75) is 74.3 Å². The van der Waals surface area contributed by atoms with Gasteiger partial charge in [-0.3, -0.25) is 5.01 Å². The van der Waals surface area contributed by atoms with Gasteiger partial charge >= 0.3 is 6.09 Å². The summed E-state index contributed by atoms with van der Waals surface area (Å²) < 4.78 is 86.8. The predicted octanol–water partition coefficient (Wildman–Crippen LogP) is 4.54. The zero-order chi connectivity index (χ0) is 44.1. The average Bonchev–Trinajstić information content (AvgIpc) is 3.86. The number of sulfonamides is 2. The molecule has 0 spiro atoms. The van der Waals surface area contributed by atoms with Crippen LogP contribution in [0.1, 0.15) is 49.4 Å². The summed E-state index contributed by atoms with van der Waals surface area (Å²) in [6.45, 7) is 4.42. The number of ether oxygens (including phenoxy) is 4. The standard InChI is InChI=1S/C41H50IN7O10S2/c1-41(2,3)59-40(51)48-25-30(21-31(48)26-50)44-60(52,53)36-20-19-35(42)37(39-43-45-46-49(39)24-29-11-17-34(58-6)18-12-29)38(36)61(54,55)47(22-27-7-13-32(56-4)14-8-27)23-28-9-15-33(57-5)16-10-28/h7-20,30-31,44-46,50H,21-26H2,1-6H3/t30-,31+/m1/s1. The van der Waals surface area contributed by atoms with Crippen LogP contribution in [0.5, 0.6) is 17.2 Å². The molecule has 4 N–H and O–H groups in total. The number of carbonyl (C=O) groups excluding carboxylic acids is 1. The van der Waals surface area contributed by atoms with Crippen molar-refractivity contribution in [1.29, 1.82) is 0 Å². The summed E-state index contributed by atoms with van der Waals surface area (Å²) in [4.78, 5) is 13.4. The molecular formula is C41H50IN7O10S2. The van der Waals surface area contributed by atoms with Crippen molar-refractivity contribution in [3.8, 4) is 17.2 Å². The molecule has 2 aliphatic rings. The minimum absolute atomic E-state index is 0.0268. The Morgan fingerprint density at radius 1 is 0.852 bits per heavy atom. The lowest BCUT2D eigenvalue weighted by molar-refractivity contribution is 0.0174. The third-order valence-corrected chi connectivity index (χ3v) is 14.4. The molecule has 0 aliphatic carbocycles. The van der Waals surface area contributed by atoms with Crippen molar-refractivity contribution in [3.63, 3.8) is 0 Å². The van der Waals surface area contributed by atoms with Gasteiger partial charge in [0.05, 0.1) is 46.1 Å². The molecule has 2 atom stereocenters. The van der Waals surface area contributed by atoms with Gasteiger partial charge in [-0.05, 0) is 115 Å². The maximum absolute atomic E-state index is 15.7. The number of amides is 1. The number of nitrogens with one attached hydrogen (secondary N) is 3. The molecule has 328 valence electrons. The Morgan fingerprint density at radius 3 is 1.87 bits per heavy atom. The molecule has 0 bridgehead atoms. The fraction of sp³-hybridized carbons (Fsp3) is 0.366. The van der Waals surface area contributed by atoms with Crippen molar-refractivity contribution >= 4 is 54.6 Å². The Morgan fingerprint density at radius 2 is 1.38 bits per heavy atom. The Bertz CT molecular complexity index is 2380. The number of hydrazine groups is 2. The molecule has 6 rings (SSSR count). The average molecular weight is 992 g/mol. The number of aliphatic hydroxyl groups is 1. The summed E-state index contributed by atoms with van der Waals surface area (Å²) in [5.74, 6) is 1.91. The second-order valence-electron chi connectivity index (χ2n) is 15.3. The number of hydrazone groups is 1. The van der Waals surface area contributed by atoms with Crippen molar-refractivity contribution in [1.82, 2.24) is 30.0 Å². The number of aliphatic hydroxyl groups excluding tert-OH is 1. The minimum Gasteiger partial charge on any atom is -0.497 e. The van der Waals surface area contributed by atoms with E-state index in [-0.39, 0.29) is 44.0 Å². The quantitative estimate of drug-likeness (QED) is 0.114. The number of hydrogen-bond donors (Lipinski definition) is 4. The van der Waals surface area contributed by atoms with Gasteiger partial charge in [-0.2, -0.15) is 4.31 Å². The molecule has 1 amide bonds. The summed E-state index contributed by atoms with van der Waals surface area (Å²) in [7, 11) is -4.87. The van der Waals surface area contributed by atoms with E-state index >= 15 is 8.42 Å². The van der Waals surface area contributed by atoms with E-state index in [9.17, 15) is 18.3 Å². The summed E-state index contributed by atoms with van der Waals surface area (Å²) in [5.41, 5.74) is 6.89. The number of likely N-dealkylation sites (tertiary alicyclic amines) is 1. The van der Waals surface area contributed by atoms with E-state index < -0.39 is 60.2 Å². The van der Waals surface area contributed by atoms with Crippen molar-refractivity contribution in [3.05, 3.63) is 111 Å². The van der Waals surface area contributed by atoms with E-state index in [2.05, 4.69) is 20.9 Å². The van der Waals surface area contributed by atoms with Crippen LogP contribution in [0.15, 0.2) is 99.8 Å². The highest BCUT2D eigenvalue weighted by molar-refractivity contribution is 14.1. The number of methoxy groups -OCH3 is 3. The number of hydrogen-bond acceptors (Lipinski definition) is 14. The van der Waals surface area contributed by atoms with Crippen molar-refractivity contribution in [2.75, 3.05) is 34.5 Å². The van der Waals surface area contributed by atoms with E-state index in [1.807, 2.05) is 34.7 Å². The first kappa shape index (κ1) is 45.8. The van der Waals surface area contributed by atoms with E-state index in [0.29, 0.717) is 31.9 Å². The van der Waals surface area contributed by atoms with Crippen LogP contribution in [0.3, 0.4) is 0 Å². The van der Waals surface area contributed by atoms with Gasteiger partial charge in [0.15, 0.2) is 5.84 Å². The van der Waals surface area contributed by atoms with Crippen LogP contribution in [-0.4, -0.2) is 100 Å². The number of rotatable bonds is 16. The van der Waals surface area contributed by atoms with Gasteiger partial charge in [0.2, 0.25) is 20.0 Å². The summed E-state index contributed by atoms with van der Waals surface area (Å²) in [5, 5.41) is 16.3. The van der Waals surface area contributed by atoms with Crippen LogP contribution in [0.4, 0.5) is 4.79 Å². The summed E-state index contributed by atoms with van der Waals surface area (Å²) in [6, 6.07) is 22.2. The first-order chi connectivity index (χ1) is 29.0. The van der Waals surface area contributed by atoms with Crippen LogP contribution >= 0.6 is 22.6 Å². The van der Waals surface area contributed by atoms with Gasteiger partial charge in [-0.1, -0.05) is 36.4 Å². The van der Waals surface area contributed by atoms with E-state index in [4.69, 9.17) is 18.9 Å². The monoisotopic (exact) mass is 991 g/mol. The summed E-state index contributed by atoms with van der Waals surface area (Å²) in [6.07, 6.45) is -0.664. The number of carbonyl (C=O) groups is 1. The lowest BCUT2D eigenvalue weighted by Crippen LogP contribution is -2.43. The topological polar surface area (TPSA) is 201 Å². The second kappa shape index (κ2) is 19.1. The van der Waals surface area contributed by atoms with Crippen LogP contribution in [0.25, 0.3) is 0 Å². The largest absolute Gasteiger partial charge is 0.497 e. The van der Waals surface area contributed by atoms with E-state index in [1.54, 1.807) is 93.6 Å². The normalized spacial score (nSPS) is 17.0. The van der Waals surface area contributed by atoms with Crippen molar-refractivity contribution < 1.29 is 45.7 Å². The van der Waals surface area contributed by atoms with Gasteiger partial charge in [0, 0.05) is 29.2 Å². The van der Waals surface area contributed by atoms with Gasteiger partial charge in [-0.15, -0.1) is 10.6 Å². The third-order valence-electron chi connectivity index (χ3n) is 9.89. The Balaban J connectivity index is 1.48. The van der Waals surface area contributed by atoms with E-state index in [1.165, 1.54) is 35.6 Å². The molecule has 2 heterocycles. The van der Waals surface area contributed by atoms with E-state index in [0.717, 1.165) is 5.56 Å². The van der Waals surface area contributed by atoms with Crippen LogP contribution in [0.2, 0.25) is 0 Å². The first-order valence-electron chi connectivity index (χ1n) is 19.2. The first-order valence-corrected chi connectivity index (χ1v) is 23.2. The SMILES string of the molecule is COc1ccc(CN2NNN=C2c2c(I)ccc(S(=O)(=O)N[C@@H]3C[C@@H](CO)N(C(=O)OC(C)(C)C)C3)c2S(=O)(=O)N(Cc2ccc(OC)cc2)Cc2ccc(OC)cc2)cc1. The van der Waals surface area contributed by atoms with Gasteiger partial charge in [0.1, 0.15) is 32.6 Å². The molecule has 0 saturated carbocycles. The van der Waals surface area contributed by atoms with Gasteiger partial charge in [0.25, 0.3) is 0 Å². The molecular weight excluding hydrogens is 942 g/mol. The molecule has 61 heavy (non-hydrogen) atoms. The van der Waals surface area contributed by atoms with Gasteiger partial charge in [-0.25, -0.2) is 31.9 Å². The highest BCUT2D eigenvalue weighted by atomic mass is 127. The van der Waals surface area contributed by atoms with Crippen LogP contribution in [-0.2, 0) is 44.4 Å². The second-order valence-corrected chi connectivity index (χ2v) is 20.1. The highest BCUT2D eigenvalue weighted by Crippen LogP contribution is 2.36. The smallest absolute Gasteiger partial charge is 0.410 e. The molecule has 20 heteroatoms. The molecule has 4 aromatic rings. The maximum atomic E-state index is 15.7. The Kier molecular flexibility index (Phi) is 14.4. The lowest BCUT2D eigenvalue weighted by atomic mass is 10.1.